The van der Waals surface area contributed by atoms with Crippen LogP contribution in [0.4, 0.5) is 19.0 Å². The molecule has 3 heterocycles. The van der Waals surface area contributed by atoms with Gasteiger partial charge in [0.1, 0.15) is 11.8 Å². The van der Waals surface area contributed by atoms with Crippen molar-refractivity contribution >= 4 is 33.9 Å². The lowest BCUT2D eigenvalue weighted by Crippen LogP contribution is -2.50. The van der Waals surface area contributed by atoms with E-state index in [4.69, 9.17) is 5.73 Å². The molecule has 37 heavy (non-hydrogen) atoms. The highest BCUT2D eigenvalue weighted by molar-refractivity contribution is 5.81. The number of para-hydroxylation sites is 2. The van der Waals surface area contributed by atoms with Crippen molar-refractivity contribution in [2.75, 3.05) is 12.8 Å². The number of alkyl halides is 3. The summed E-state index contributed by atoms with van der Waals surface area (Å²) in [5, 5.41) is 11.2. The van der Waals surface area contributed by atoms with Crippen LogP contribution in [0.1, 0.15) is 44.0 Å². The van der Waals surface area contributed by atoms with Crippen molar-refractivity contribution in [2.45, 2.75) is 63.0 Å². The highest BCUT2D eigenvalue weighted by atomic mass is 19.4. The minimum Gasteiger partial charge on any atom is -0.389 e. The van der Waals surface area contributed by atoms with Crippen molar-refractivity contribution < 1.29 is 23.1 Å². The molecule has 1 amide bonds. The molecule has 1 saturated carbocycles. The van der Waals surface area contributed by atoms with Crippen LogP contribution >= 0.6 is 0 Å². The normalized spacial score (nSPS) is 20.5. The molecule has 1 fully saturated rings. The quantitative estimate of drug-likeness (QED) is 0.403. The number of carbonyl (C=O) groups excluding carboxylic acids is 1. The molecule has 0 saturated heterocycles. The second-order valence-electron chi connectivity index (χ2n) is 9.32. The molecule has 196 valence electrons. The van der Waals surface area contributed by atoms with Crippen molar-refractivity contribution in [2.24, 2.45) is 0 Å². The minimum absolute atomic E-state index is 0.00701. The Morgan fingerprint density at radius 3 is 2.78 bits per heavy atom. The average Bonchev–Trinajstić information content (AvgIpc) is 3.47. The Morgan fingerprint density at radius 2 is 2.00 bits per heavy atom. The van der Waals surface area contributed by atoms with Gasteiger partial charge in [-0.1, -0.05) is 12.1 Å². The Hall–Kier alpha value is -3.74. The van der Waals surface area contributed by atoms with Crippen LogP contribution in [0.5, 0.6) is 0 Å². The van der Waals surface area contributed by atoms with Crippen LogP contribution in [-0.2, 0) is 17.5 Å². The molecule has 5 rings (SSSR count). The minimum atomic E-state index is -4.60. The number of carbonyl (C=O) groups is 1. The van der Waals surface area contributed by atoms with Gasteiger partial charge >= 0.3 is 6.18 Å². The number of nitrogens with two attached hydrogens (primary N) is 1. The first-order valence-electron chi connectivity index (χ1n) is 12.1. The van der Waals surface area contributed by atoms with E-state index in [0.29, 0.717) is 29.5 Å². The summed E-state index contributed by atoms with van der Waals surface area (Å²) in [7, 11) is 1.62. The SMILES string of the molecule is CN(C(=O)CCCn1c(C(F)(F)F)nc2ccccc21)[C@H]1CCC[C@H](n2cnc3c(N)ncnc32)[C@H]1O. The number of likely N-dealkylation sites (N-methyl/N-ethyl adjacent to an activating group) is 1. The van der Waals surface area contributed by atoms with Crippen LogP contribution in [0.3, 0.4) is 0 Å². The van der Waals surface area contributed by atoms with E-state index in [-0.39, 0.29) is 42.7 Å². The zero-order chi connectivity index (χ0) is 26.3. The maximum absolute atomic E-state index is 13.6. The lowest BCUT2D eigenvalue weighted by atomic mass is 9.87. The largest absolute Gasteiger partial charge is 0.449 e. The third-order valence-electron chi connectivity index (χ3n) is 7.10. The molecule has 3 N–H and O–H groups in total. The molecule has 4 aromatic rings. The van der Waals surface area contributed by atoms with Crippen molar-refractivity contribution in [3.8, 4) is 0 Å². The summed E-state index contributed by atoms with van der Waals surface area (Å²) < 4.78 is 43.5. The Balaban J connectivity index is 1.27. The van der Waals surface area contributed by atoms with E-state index in [2.05, 4.69) is 19.9 Å². The molecule has 1 aliphatic rings. The number of hydrogen-bond acceptors (Lipinski definition) is 7. The number of hydrogen-bond donors (Lipinski definition) is 2. The number of benzene rings is 1. The van der Waals surface area contributed by atoms with Crippen LogP contribution in [-0.4, -0.2) is 64.2 Å². The molecule has 1 aliphatic carbocycles. The number of imidazole rings is 2. The third kappa shape index (κ3) is 4.59. The number of rotatable bonds is 6. The predicted octanol–water partition coefficient (Wildman–Crippen LogP) is 3.17. The summed E-state index contributed by atoms with van der Waals surface area (Å²) in [6.07, 6.45) is -0.308. The molecule has 1 aromatic carbocycles. The van der Waals surface area contributed by atoms with Gasteiger partial charge in [-0.05, 0) is 37.8 Å². The fourth-order valence-corrected chi connectivity index (χ4v) is 5.24. The highest BCUT2D eigenvalue weighted by Gasteiger charge is 2.39. The molecule has 0 bridgehead atoms. The molecule has 3 aromatic heterocycles. The fourth-order valence-electron chi connectivity index (χ4n) is 5.24. The van der Waals surface area contributed by atoms with Gasteiger partial charge in [0.05, 0.1) is 35.5 Å². The van der Waals surface area contributed by atoms with E-state index >= 15 is 0 Å². The molecule has 0 aliphatic heterocycles. The van der Waals surface area contributed by atoms with E-state index in [0.717, 1.165) is 11.0 Å². The van der Waals surface area contributed by atoms with E-state index < -0.39 is 24.1 Å². The smallest absolute Gasteiger partial charge is 0.389 e. The Labute approximate surface area is 209 Å². The van der Waals surface area contributed by atoms with Crippen molar-refractivity contribution in [3.05, 3.63) is 42.7 Å². The van der Waals surface area contributed by atoms with Crippen molar-refractivity contribution in [3.63, 3.8) is 0 Å². The number of amides is 1. The summed E-state index contributed by atoms with van der Waals surface area (Å²) in [5.41, 5.74) is 7.48. The monoisotopic (exact) mass is 516 g/mol. The Kier molecular flexibility index (Phi) is 6.48. The molecular formula is C24H27F3N8O2. The van der Waals surface area contributed by atoms with Crippen LogP contribution < -0.4 is 5.73 Å². The van der Waals surface area contributed by atoms with Crippen molar-refractivity contribution in [1.29, 1.82) is 0 Å². The van der Waals surface area contributed by atoms with Gasteiger partial charge in [0, 0.05) is 20.0 Å². The van der Waals surface area contributed by atoms with Gasteiger partial charge in [0.25, 0.3) is 0 Å². The highest BCUT2D eigenvalue weighted by Crippen LogP contribution is 2.34. The number of aromatic nitrogens is 6. The summed E-state index contributed by atoms with van der Waals surface area (Å²) in [5.74, 6) is -0.973. The first-order chi connectivity index (χ1) is 17.7. The maximum Gasteiger partial charge on any atom is 0.449 e. The molecule has 0 unspecified atom stereocenters. The summed E-state index contributed by atoms with van der Waals surface area (Å²) in [6.45, 7) is -0.00701. The second kappa shape index (κ2) is 9.61. The Morgan fingerprint density at radius 1 is 1.22 bits per heavy atom. The fraction of sp³-hybridized carbons (Fsp3) is 0.458. The van der Waals surface area contributed by atoms with E-state index in [9.17, 15) is 23.1 Å². The standard InChI is InChI=1S/C24H27F3N8O2/c1-33(16-8-4-9-17(20(16)37)35-13-31-19-21(28)29-12-30-22(19)35)18(36)10-5-11-34-15-7-3-2-6-14(15)32-23(34)24(25,26)27/h2-3,6-7,12-13,16-17,20,37H,4-5,8-11H2,1H3,(H2,28,29,30)/t16-,17-,20-/m0/s1. The second-order valence-corrected chi connectivity index (χ2v) is 9.32. The molecule has 0 spiro atoms. The first-order valence-corrected chi connectivity index (χ1v) is 12.1. The number of nitrogen functional groups attached to an aromatic ring is 1. The zero-order valence-electron chi connectivity index (χ0n) is 20.1. The van der Waals surface area contributed by atoms with Crippen molar-refractivity contribution in [1.82, 2.24) is 34.0 Å². The lowest BCUT2D eigenvalue weighted by Gasteiger charge is -2.40. The van der Waals surface area contributed by atoms with Crippen LogP contribution in [0, 0.1) is 0 Å². The number of halogens is 3. The van der Waals surface area contributed by atoms with Gasteiger partial charge < -0.3 is 24.9 Å². The van der Waals surface area contributed by atoms with E-state index in [1.54, 1.807) is 36.1 Å². The number of aryl methyl sites for hydroxylation is 1. The summed E-state index contributed by atoms with van der Waals surface area (Å²) >= 11 is 0. The lowest BCUT2D eigenvalue weighted by molar-refractivity contribution is -0.147. The molecule has 13 heteroatoms. The van der Waals surface area contributed by atoms with Gasteiger partial charge in [0.2, 0.25) is 11.7 Å². The Bertz CT molecular complexity index is 1430. The number of aliphatic hydroxyl groups excluding tert-OH is 1. The molecule has 0 radical (unpaired) electrons. The van der Waals surface area contributed by atoms with Gasteiger partial charge in [0.15, 0.2) is 11.5 Å². The van der Waals surface area contributed by atoms with Crippen LogP contribution in [0.25, 0.3) is 22.2 Å². The molecular weight excluding hydrogens is 489 g/mol. The number of fused-ring (bicyclic) bond motifs is 2. The van der Waals surface area contributed by atoms with E-state index in [1.165, 1.54) is 17.3 Å². The number of nitrogens with zero attached hydrogens (tertiary/aromatic N) is 7. The summed E-state index contributed by atoms with van der Waals surface area (Å²) in [4.78, 5) is 30.8. The number of aliphatic hydroxyl groups is 1. The van der Waals surface area contributed by atoms with Gasteiger partial charge in [-0.15, -0.1) is 0 Å². The first kappa shape index (κ1) is 24.9. The van der Waals surface area contributed by atoms with E-state index in [1.807, 2.05) is 0 Å². The maximum atomic E-state index is 13.6. The van der Waals surface area contributed by atoms with Crippen LogP contribution in [0.15, 0.2) is 36.9 Å². The van der Waals surface area contributed by atoms with Gasteiger partial charge in [-0.25, -0.2) is 19.9 Å². The summed E-state index contributed by atoms with van der Waals surface area (Å²) in [6, 6.07) is 5.59. The van der Waals surface area contributed by atoms with Gasteiger partial charge in [-0.2, -0.15) is 13.2 Å². The molecule has 10 nitrogen and oxygen atoms in total. The zero-order valence-corrected chi connectivity index (χ0v) is 20.1. The average molecular weight is 517 g/mol. The topological polar surface area (TPSA) is 128 Å². The molecule has 3 atom stereocenters. The van der Waals surface area contributed by atoms with Crippen LogP contribution in [0.2, 0.25) is 0 Å². The van der Waals surface area contributed by atoms with Gasteiger partial charge in [-0.3, -0.25) is 4.79 Å². The third-order valence-corrected chi connectivity index (χ3v) is 7.10. The predicted molar refractivity (Wildman–Crippen MR) is 129 cm³/mol. The number of anilines is 1.